The van der Waals surface area contributed by atoms with Gasteiger partial charge in [-0.1, -0.05) is 43.3 Å². The zero-order valence-corrected chi connectivity index (χ0v) is 10.0. The highest BCUT2D eigenvalue weighted by Crippen LogP contribution is 2.17. The van der Waals surface area contributed by atoms with Crippen LogP contribution in [0.1, 0.15) is 22.2 Å². The summed E-state index contributed by atoms with van der Waals surface area (Å²) in [7, 11) is 0. The molecule has 0 aliphatic rings. The van der Waals surface area contributed by atoms with Crippen LogP contribution in [-0.4, -0.2) is 5.78 Å². The lowest BCUT2D eigenvalue weighted by atomic mass is 9.96. The number of thiophene rings is 1. The summed E-state index contributed by atoms with van der Waals surface area (Å²) in [5, 5.41) is 1.95. The van der Waals surface area contributed by atoms with Crippen molar-refractivity contribution in [1.82, 2.24) is 0 Å². The van der Waals surface area contributed by atoms with E-state index in [1.807, 2.05) is 42.6 Å². The fourth-order valence-corrected chi connectivity index (χ4v) is 2.50. The molecule has 1 atom stereocenters. The molecule has 0 saturated carbocycles. The van der Waals surface area contributed by atoms with E-state index in [1.165, 1.54) is 16.9 Å². The highest BCUT2D eigenvalue weighted by Gasteiger charge is 2.16. The van der Waals surface area contributed by atoms with Gasteiger partial charge < -0.3 is 0 Å². The summed E-state index contributed by atoms with van der Waals surface area (Å²) in [6.45, 7) is 2.00. The van der Waals surface area contributed by atoms with Crippen LogP contribution in [0.4, 0.5) is 0 Å². The van der Waals surface area contributed by atoms with Crippen LogP contribution in [0.15, 0.2) is 47.8 Å². The Labute approximate surface area is 99.8 Å². The lowest BCUT2D eigenvalue weighted by molar-refractivity contribution is 0.0933. The van der Waals surface area contributed by atoms with Crippen molar-refractivity contribution in [2.45, 2.75) is 13.3 Å². The molecule has 0 bridgehead atoms. The van der Waals surface area contributed by atoms with E-state index in [1.54, 1.807) is 0 Å². The van der Waals surface area contributed by atoms with E-state index in [4.69, 9.17) is 0 Å². The number of Topliss-reactive ketones (excluding diaryl/α,β-unsaturated/α-hetero) is 1. The van der Waals surface area contributed by atoms with Gasteiger partial charge in [-0.05, 0) is 23.4 Å². The van der Waals surface area contributed by atoms with Gasteiger partial charge in [0.25, 0.3) is 0 Å². The van der Waals surface area contributed by atoms with Gasteiger partial charge in [0.1, 0.15) is 0 Å². The van der Waals surface area contributed by atoms with Gasteiger partial charge in [0.05, 0.1) is 4.88 Å². The zero-order valence-electron chi connectivity index (χ0n) is 9.22. The number of hydrogen-bond acceptors (Lipinski definition) is 2. The van der Waals surface area contributed by atoms with Crippen molar-refractivity contribution in [2.24, 2.45) is 5.92 Å². The van der Waals surface area contributed by atoms with E-state index in [-0.39, 0.29) is 11.7 Å². The quantitative estimate of drug-likeness (QED) is 0.730. The van der Waals surface area contributed by atoms with Crippen molar-refractivity contribution in [3.63, 3.8) is 0 Å². The monoisotopic (exact) mass is 230 g/mol. The molecular weight excluding hydrogens is 216 g/mol. The molecule has 2 aromatic rings. The second kappa shape index (κ2) is 5.08. The summed E-state index contributed by atoms with van der Waals surface area (Å²) in [6.07, 6.45) is 0.817. The van der Waals surface area contributed by atoms with Crippen molar-refractivity contribution < 1.29 is 4.79 Å². The maximum absolute atomic E-state index is 12.0. The zero-order chi connectivity index (χ0) is 11.4. The van der Waals surface area contributed by atoms with Crippen LogP contribution >= 0.6 is 11.3 Å². The van der Waals surface area contributed by atoms with Gasteiger partial charge in [-0.25, -0.2) is 0 Å². The number of ketones is 1. The first-order valence-corrected chi connectivity index (χ1v) is 6.27. The molecule has 82 valence electrons. The predicted molar refractivity (Wildman–Crippen MR) is 68.0 cm³/mol. The van der Waals surface area contributed by atoms with E-state index >= 15 is 0 Å². The normalized spacial score (nSPS) is 12.3. The smallest absolute Gasteiger partial charge is 0.175 e. The third-order valence-corrected chi connectivity index (χ3v) is 3.48. The molecule has 0 spiro atoms. The molecule has 0 aliphatic heterocycles. The number of carbonyl (C=O) groups excluding carboxylic acids is 1. The molecule has 1 aromatic heterocycles. The molecule has 0 aliphatic carbocycles. The molecule has 16 heavy (non-hydrogen) atoms. The summed E-state index contributed by atoms with van der Waals surface area (Å²) in [6, 6.07) is 14.0. The Hall–Kier alpha value is -1.41. The molecule has 0 N–H and O–H groups in total. The Balaban J connectivity index is 2.04. The molecule has 0 saturated heterocycles. The van der Waals surface area contributed by atoms with Crippen LogP contribution < -0.4 is 0 Å². The van der Waals surface area contributed by atoms with Crippen LogP contribution in [0.2, 0.25) is 0 Å². The number of carbonyl (C=O) groups is 1. The maximum Gasteiger partial charge on any atom is 0.175 e. The standard InChI is InChI=1S/C14H14OS/c1-11(10-12-6-3-2-4-7-12)14(15)13-8-5-9-16-13/h2-9,11H,10H2,1H3. The molecule has 0 amide bonds. The molecule has 2 rings (SSSR count). The third-order valence-electron chi connectivity index (χ3n) is 2.60. The molecule has 2 heteroatoms. The highest BCUT2D eigenvalue weighted by molar-refractivity contribution is 7.12. The Morgan fingerprint density at radius 3 is 2.56 bits per heavy atom. The van der Waals surface area contributed by atoms with Crippen molar-refractivity contribution in [3.8, 4) is 0 Å². The van der Waals surface area contributed by atoms with Crippen LogP contribution in [-0.2, 0) is 6.42 Å². The van der Waals surface area contributed by atoms with Gasteiger partial charge in [-0.3, -0.25) is 4.79 Å². The predicted octanol–water partition coefficient (Wildman–Crippen LogP) is 3.81. The Morgan fingerprint density at radius 1 is 1.19 bits per heavy atom. The van der Waals surface area contributed by atoms with Crippen molar-refractivity contribution in [1.29, 1.82) is 0 Å². The summed E-state index contributed by atoms with van der Waals surface area (Å²) in [4.78, 5) is 12.9. The molecule has 0 fully saturated rings. The van der Waals surface area contributed by atoms with Crippen LogP contribution in [0, 0.1) is 5.92 Å². The fraction of sp³-hybridized carbons (Fsp3) is 0.214. The van der Waals surface area contributed by atoms with Crippen LogP contribution in [0.25, 0.3) is 0 Å². The molecule has 1 nitrogen and oxygen atoms in total. The van der Waals surface area contributed by atoms with E-state index < -0.39 is 0 Å². The first-order chi connectivity index (χ1) is 7.77. The average Bonchev–Trinajstić information content (AvgIpc) is 2.83. The lowest BCUT2D eigenvalue weighted by Crippen LogP contribution is -2.12. The molecule has 1 aromatic carbocycles. The number of hydrogen-bond donors (Lipinski definition) is 0. The van der Waals surface area contributed by atoms with Crippen LogP contribution in [0.3, 0.4) is 0 Å². The van der Waals surface area contributed by atoms with Crippen LogP contribution in [0.5, 0.6) is 0 Å². The van der Waals surface area contributed by atoms with Gasteiger partial charge in [-0.15, -0.1) is 11.3 Å². The van der Waals surface area contributed by atoms with E-state index in [9.17, 15) is 4.79 Å². The van der Waals surface area contributed by atoms with E-state index in [0.29, 0.717) is 0 Å². The summed E-state index contributed by atoms with van der Waals surface area (Å²) < 4.78 is 0. The largest absolute Gasteiger partial charge is 0.293 e. The second-order valence-corrected chi connectivity index (χ2v) is 4.88. The highest BCUT2D eigenvalue weighted by atomic mass is 32.1. The average molecular weight is 230 g/mol. The summed E-state index contributed by atoms with van der Waals surface area (Å²) in [5.74, 6) is 0.305. The van der Waals surface area contributed by atoms with E-state index in [0.717, 1.165) is 11.3 Å². The van der Waals surface area contributed by atoms with E-state index in [2.05, 4.69) is 12.1 Å². The fourth-order valence-electron chi connectivity index (χ4n) is 1.72. The summed E-state index contributed by atoms with van der Waals surface area (Å²) >= 11 is 1.52. The number of rotatable bonds is 4. The van der Waals surface area contributed by atoms with Gasteiger partial charge in [-0.2, -0.15) is 0 Å². The first kappa shape index (κ1) is 11.1. The van der Waals surface area contributed by atoms with Gasteiger partial charge in [0.15, 0.2) is 5.78 Å². The molecule has 0 radical (unpaired) electrons. The van der Waals surface area contributed by atoms with Crippen molar-refractivity contribution in [2.75, 3.05) is 0 Å². The molecule has 1 unspecified atom stereocenters. The SMILES string of the molecule is CC(Cc1ccccc1)C(=O)c1cccs1. The topological polar surface area (TPSA) is 17.1 Å². The molecule has 1 heterocycles. The van der Waals surface area contributed by atoms with Gasteiger partial charge >= 0.3 is 0 Å². The van der Waals surface area contributed by atoms with Crippen molar-refractivity contribution in [3.05, 3.63) is 58.3 Å². The van der Waals surface area contributed by atoms with Gasteiger partial charge in [0.2, 0.25) is 0 Å². The van der Waals surface area contributed by atoms with Crippen molar-refractivity contribution >= 4 is 17.1 Å². The first-order valence-electron chi connectivity index (χ1n) is 5.39. The number of benzene rings is 1. The maximum atomic E-state index is 12.0. The Morgan fingerprint density at radius 2 is 1.94 bits per heavy atom. The minimum absolute atomic E-state index is 0.0565. The molecular formula is C14H14OS. The second-order valence-electron chi connectivity index (χ2n) is 3.93. The Bertz CT molecular complexity index is 445. The third kappa shape index (κ3) is 2.58. The minimum Gasteiger partial charge on any atom is -0.293 e. The minimum atomic E-state index is 0.0565. The Kier molecular flexibility index (Phi) is 3.52. The lowest BCUT2D eigenvalue weighted by Gasteiger charge is -2.08. The van der Waals surface area contributed by atoms with Gasteiger partial charge in [0, 0.05) is 5.92 Å². The summed E-state index contributed by atoms with van der Waals surface area (Å²) in [5.41, 5.74) is 1.22.